The van der Waals surface area contributed by atoms with Crippen LogP contribution in [0.3, 0.4) is 0 Å². The summed E-state index contributed by atoms with van der Waals surface area (Å²) >= 11 is 3.12. The van der Waals surface area contributed by atoms with Gasteiger partial charge in [0.15, 0.2) is 23.5 Å². The van der Waals surface area contributed by atoms with Gasteiger partial charge in [-0.1, -0.05) is 72.8 Å². The first-order valence-electron chi connectivity index (χ1n) is 13.7. The average Bonchev–Trinajstić information content (AvgIpc) is 3.53. The Balaban J connectivity index is 0.968. The van der Waals surface area contributed by atoms with Crippen LogP contribution in [-0.2, 0) is 22.5 Å². The molecule has 0 atom stereocenters. The summed E-state index contributed by atoms with van der Waals surface area (Å²) in [7, 11) is 0. The van der Waals surface area contributed by atoms with Gasteiger partial charge in [-0.25, -0.2) is 9.97 Å². The van der Waals surface area contributed by atoms with Crippen molar-refractivity contribution in [3.05, 3.63) is 111 Å². The summed E-state index contributed by atoms with van der Waals surface area (Å²) in [5.74, 6) is 0. The second-order valence-corrected chi connectivity index (χ2v) is 11.9. The Morgan fingerprint density at radius 3 is 1.55 bits per heavy atom. The Bertz CT molecular complexity index is 1720. The SMILES string of the molecule is Cc1nc(Nc2cccc3ccccc23)sc1CCO[N+](=O)OCCc1sc(Nc2cccc3ccccc23)nc1C. The fraction of sp³-hybridized carbons (Fsp3) is 0.188. The van der Waals surface area contributed by atoms with E-state index in [-0.39, 0.29) is 18.3 Å². The number of aromatic nitrogens is 2. The van der Waals surface area contributed by atoms with E-state index in [0.717, 1.165) is 53.6 Å². The highest BCUT2D eigenvalue weighted by molar-refractivity contribution is 7.16. The summed E-state index contributed by atoms with van der Waals surface area (Å²) in [6, 6.07) is 28.8. The molecule has 0 aliphatic carbocycles. The molecule has 4 aromatic carbocycles. The molecule has 6 rings (SSSR count). The van der Waals surface area contributed by atoms with E-state index >= 15 is 0 Å². The molecule has 8 nitrogen and oxygen atoms in total. The Kier molecular flexibility index (Phi) is 8.25. The standard InChI is InChI=1S/C32H30N5O3S2/c1-21-29(41-31(33-21)35-27-15-7-11-23-9-3-5-13-25(23)27)17-19-39-37(38)40-20-18-30-22(2)34-32(42-30)36-28-16-8-12-24-10-4-6-14-26(24)28/h3-16H,17-20H2,1-2H3,(H,33,35)(H,34,36)/q+1. The van der Waals surface area contributed by atoms with Crippen molar-refractivity contribution in [1.82, 2.24) is 9.97 Å². The molecular weight excluding hydrogens is 567 g/mol. The molecule has 2 aromatic heterocycles. The van der Waals surface area contributed by atoms with Gasteiger partial charge in [-0.05, 0) is 36.8 Å². The molecule has 42 heavy (non-hydrogen) atoms. The van der Waals surface area contributed by atoms with Crippen LogP contribution in [0.1, 0.15) is 21.1 Å². The van der Waals surface area contributed by atoms with Gasteiger partial charge in [-0.2, -0.15) is 9.68 Å². The number of benzene rings is 4. The molecule has 0 aliphatic heterocycles. The minimum absolute atomic E-state index is 0.193. The van der Waals surface area contributed by atoms with E-state index in [1.807, 2.05) is 62.4 Å². The van der Waals surface area contributed by atoms with E-state index in [1.165, 1.54) is 10.8 Å². The van der Waals surface area contributed by atoms with Crippen LogP contribution in [0.2, 0.25) is 0 Å². The minimum Gasteiger partial charge on any atom is -0.331 e. The topological polar surface area (TPSA) is 88.4 Å². The second kappa shape index (κ2) is 12.5. The smallest absolute Gasteiger partial charge is 0.331 e. The molecule has 2 N–H and O–H groups in total. The highest BCUT2D eigenvalue weighted by Gasteiger charge is 2.17. The molecule has 2 heterocycles. The molecule has 0 saturated carbocycles. The van der Waals surface area contributed by atoms with Crippen LogP contribution in [0.15, 0.2) is 84.9 Å². The van der Waals surface area contributed by atoms with E-state index < -0.39 is 0 Å². The average molecular weight is 597 g/mol. The lowest BCUT2D eigenvalue weighted by molar-refractivity contribution is -0.981. The van der Waals surface area contributed by atoms with E-state index in [4.69, 9.17) is 9.68 Å². The normalized spacial score (nSPS) is 11.1. The number of fused-ring (bicyclic) bond motifs is 2. The third kappa shape index (κ3) is 6.35. The maximum Gasteiger partial charge on any atom is 0.477 e. The van der Waals surface area contributed by atoms with Gasteiger partial charge in [0, 0.05) is 44.7 Å². The minimum atomic E-state index is 0.193. The molecule has 212 valence electrons. The number of thiazole rings is 2. The van der Waals surface area contributed by atoms with Crippen LogP contribution in [0, 0.1) is 18.8 Å². The zero-order valence-corrected chi connectivity index (χ0v) is 24.9. The number of nitrogens with one attached hydrogen (secondary N) is 2. The highest BCUT2D eigenvalue weighted by atomic mass is 32.1. The predicted molar refractivity (Wildman–Crippen MR) is 171 cm³/mol. The molecule has 0 radical (unpaired) electrons. The molecule has 0 aliphatic rings. The van der Waals surface area contributed by atoms with Gasteiger partial charge < -0.3 is 10.6 Å². The number of aryl methyl sites for hydroxylation is 2. The van der Waals surface area contributed by atoms with Gasteiger partial charge in [0.1, 0.15) is 4.91 Å². The van der Waals surface area contributed by atoms with Gasteiger partial charge in [-0.15, -0.1) is 22.7 Å². The fourth-order valence-corrected chi connectivity index (χ4v) is 6.70. The highest BCUT2D eigenvalue weighted by Crippen LogP contribution is 2.31. The fourth-order valence-electron chi connectivity index (χ4n) is 4.79. The lowest BCUT2D eigenvalue weighted by atomic mass is 10.1. The monoisotopic (exact) mass is 596 g/mol. The van der Waals surface area contributed by atoms with Gasteiger partial charge in [0.25, 0.3) is 0 Å². The van der Waals surface area contributed by atoms with Crippen molar-refractivity contribution in [2.75, 3.05) is 23.8 Å². The summed E-state index contributed by atoms with van der Waals surface area (Å²) in [6.45, 7) is 4.32. The maximum absolute atomic E-state index is 12.2. The van der Waals surface area contributed by atoms with E-state index in [2.05, 4.69) is 57.0 Å². The maximum atomic E-state index is 12.2. The number of nitrogens with zero attached hydrogens (tertiary/aromatic N) is 3. The van der Waals surface area contributed by atoms with Crippen molar-refractivity contribution in [2.24, 2.45) is 0 Å². The third-order valence-electron chi connectivity index (χ3n) is 6.90. The molecule has 0 bridgehead atoms. The summed E-state index contributed by atoms with van der Waals surface area (Å²) in [4.78, 5) is 34.1. The molecule has 0 spiro atoms. The van der Waals surface area contributed by atoms with Crippen LogP contribution < -0.4 is 10.6 Å². The van der Waals surface area contributed by atoms with Gasteiger partial charge in [0.2, 0.25) is 0 Å². The first-order valence-corrected chi connectivity index (χ1v) is 15.3. The molecule has 0 amide bonds. The Morgan fingerprint density at radius 1 is 0.643 bits per heavy atom. The summed E-state index contributed by atoms with van der Waals surface area (Å²) in [5, 5.41) is 13.3. The number of hydrogen-bond acceptors (Lipinski definition) is 9. The van der Waals surface area contributed by atoms with Crippen LogP contribution in [0.5, 0.6) is 0 Å². The Labute approximate surface area is 251 Å². The van der Waals surface area contributed by atoms with Gasteiger partial charge in [-0.3, -0.25) is 0 Å². The van der Waals surface area contributed by atoms with Crippen molar-refractivity contribution < 1.29 is 14.8 Å². The van der Waals surface area contributed by atoms with Gasteiger partial charge in [0.05, 0.1) is 11.4 Å². The Hall–Kier alpha value is -4.54. The molecule has 10 heteroatoms. The number of hydrogen-bond donors (Lipinski definition) is 2. The van der Waals surface area contributed by atoms with Crippen LogP contribution >= 0.6 is 22.7 Å². The number of rotatable bonds is 12. The van der Waals surface area contributed by atoms with Crippen LogP contribution in [-0.4, -0.2) is 28.3 Å². The quantitative estimate of drug-likeness (QED) is 0.137. The summed E-state index contributed by atoms with van der Waals surface area (Å²) < 4.78 is 0. The van der Waals surface area contributed by atoms with Crippen LogP contribution in [0.25, 0.3) is 21.5 Å². The molecule has 6 aromatic rings. The third-order valence-corrected chi connectivity index (χ3v) is 9.16. The zero-order chi connectivity index (χ0) is 28.9. The largest absolute Gasteiger partial charge is 0.477 e. The first kappa shape index (κ1) is 27.6. The second-order valence-electron chi connectivity index (χ2n) is 9.75. The lowest BCUT2D eigenvalue weighted by Crippen LogP contribution is -2.14. The molecular formula is C32H30N5O3S2+. The van der Waals surface area contributed by atoms with Crippen molar-refractivity contribution in [2.45, 2.75) is 26.7 Å². The molecule has 0 saturated heterocycles. The van der Waals surface area contributed by atoms with Crippen molar-refractivity contribution >= 4 is 65.9 Å². The first-order chi connectivity index (χ1) is 20.5. The lowest BCUT2D eigenvalue weighted by Gasteiger charge is -2.06. The van der Waals surface area contributed by atoms with Crippen LogP contribution in [0.4, 0.5) is 21.6 Å². The zero-order valence-electron chi connectivity index (χ0n) is 23.3. The van der Waals surface area contributed by atoms with E-state index in [1.54, 1.807) is 22.7 Å². The number of anilines is 4. The molecule has 0 fully saturated rings. The van der Waals surface area contributed by atoms with Crippen molar-refractivity contribution in [3.63, 3.8) is 0 Å². The van der Waals surface area contributed by atoms with Crippen molar-refractivity contribution in [3.8, 4) is 0 Å². The van der Waals surface area contributed by atoms with Crippen molar-refractivity contribution in [1.29, 1.82) is 0 Å². The summed E-state index contributed by atoms with van der Waals surface area (Å²) in [5.41, 5.74) is 3.85. The Morgan fingerprint density at radius 2 is 1.07 bits per heavy atom. The summed E-state index contributed by atoms with van der Waals surface area (Å²) in [6.07, 6.45) is 1.11. The van der Waals surface area contributed by atoms with Gasteiger partial charge >= 0.3 is 5.09 Å². The van der Waals surface area contributed by atoms with E-state index in [9.17, 15) is 4.91 Å². The molecule has 0 unspecified atom stereocenters. The van der Waals surface area contributed by atoms with E-state index in [0.29, 0.717) is 12.8 Å². The predicted octanol–water partition coefficient (Wildman–Crippen LogP) is 8.44.